The van der Waals surface area contributed by atoms with Gasteiger partial charge in [0, 0.05) is 19.5 Å². The van der Waals surface area contributed by atoms with Crippen LogP contribution in [0.4, 0.5) is 0 Å². The van der Waals surface area contributed by atoms with Gasteiger partial charge in [-0.2, -0.15) is 0 Å². The van der Waals surface area contributed by atoms with E-state index in [1.165, 1.54) is 6.42 Å². The van der Waals surface area contributed by atoms with Gasteiger partial charge in [0.05, 0.1) is 6.42 Å². The number of carbonyl (C=O) groups excluding carboxylic acids is 1. The summed E-state index contributed by atoms with van der Waals surface area (Å²) in [6.45, 7) is 6.07. The summed E-state index contributed by atoms with van der Waals surface area (Å²) in [7, 11) is 0. The fraction of sp³-hybridized carbons (Fsp3) is 0.875. The molecule has 0 aromatic carbocycles. The second kappa shape index (κ2) is 6.15. The molecule has 1 saturated carbocycles. The number of rotatable bonds is 4. The predicted octanol–water partition coefficient (Wildman–Crippen LogP) is 2.92. The van der Waals surface area contributed by atoms with Gasteiger partial charge in [0.1, 0.15) is 0 Å². The highest BCUT2D eigenvalue weighted by Gasteiger charge is 2.39. The maximum absolute atomic E-state index is 12.6. The van der Waals surface area contributed by atoms with E-state index in [0.717, 1.165) is 38.8 Å². The molecule has 2 unspecified atom stereocenters. The molecule has 1 saturated heterocycles. The smallest absolute Gasteiger partial charge is 0.303 e. The lowest BCUT2D eigenvalue weighted by molar-refractivity contribution is -0.142. The minimum absolute atomic E-state index is 0.150. The summed E-state index contributed by atoms with van der Waals surface area (Å²) in [4.78, 5) is 25.6. The van der Waals surface area contributed by atoms with Crippen LogP contribution in [0, 0.1) is 17.3 Å². The van der Waals surface area contributed by atoms with Crippen molar-refractivity contribution >= 4 is 11.9 Å². The van der Waals surface area contributed by atoms with E-state index in [9.17, 15) is 9.59 Å². The Morgan fingerprint density at radius 1 is 1.10 bits per heavy atom. The van der Waals surface area contributed by atoms with Crippen molar-refractivity contribution < 1.29 is 14.7 Å². The Hall–Kier alpha value is -1.06. The van der Waals surface area contributed by atoms with Gasteiger partial charge in [-0.25, -0.2) is 0 Å². The van der Waals surface area contributed by atoms with Crippen molar-refractivity contribution in [2.24, 2.45) is 17.3 Å². The van der Waals surface area contributed by atoms with E-state index >= 15 is 0 Å². The quantitative estimate of drug-likeness (QED) is 0.862. The number of piperidine rings is 1. The summed E-state index contributed by atoms with van der Waals surface area (Å²) in [5.41, 5.74) is -0.271. The number of carbonyl (C=O) groups is 2. The van der Waals surface area contributed by atoms with Crippen molar-refractivity contribution in [1.82, 2.24) is 4.90 Å². The molecule has 1 aliphatic heterocycles. The number of hydrogen-bond donors (Lipinski definition) is 1. The van der Waals surface area contributed by atoms with Crippen LogP contribution in [-0.2, 0) is 9.59 Å². The molecule has 4 nitrogen and oxygen atoms in total. The van der Waals surface area contributed by atoms with Gasteiger partial charge in [0.25, 0.3) is 0 Å². The summed E-state index contributed by atoms with van der Waals surface area (Å²) >= 11 is 0. The highest BCUT2D eigenvalue weighted by atomic mass is 16.4. The Morgan fingerprint density at radius 3 is 2.15 bits per heavy atom. The van der Waals surface area contributed by atoms with Gasteiger partial charge >= 0.3 is 5.97 Å². The molecule has 2 fully saturated rings. The number of hydrogen-bond acceptors (Lipinski definition) is 2. The Balaban J connectivity index is 1.99. The summed E-state index contributed by atoms with van der Waals surface area (Å²) in [5, 5.41) is 9.12. The fourth-order valence-electron chi connectivity index (χ4n) is 4.16. The molecule has 0 aromatic rings. The van der Waals surface area contributed by atoms with E-state index in [0.29, 0.717) is 18.3 Å². The standard InChI is InChI=1S/C16H27NO3/c1-12-7-13(2)11-17(10-12)14(18)8-16(9-15(19)20)5-3-4-6-16/h12-13H,3-11H2,1-2H3,(H,19,20). The third-order valence-electron chi connectivity index (χ3n) is 4.94. The molecule has 0 radical (unpaired) electrons. The van der Waals surface area contributed by atoms with Gasteiger partial charge in [-0.15, -0.1) is 0 Å². The average molecular weight is 281 g/mol. The largest absolute Gasteiger partial charge is 0.481 e. The molecule has 20 heavy (non-hydrogen) atoms. The first kappa shape index (κ1) is 15.3. The van der Waals surface area contributed by atoms with Gasteiger partial charge in [-0.3, -0.25) is 9.59 Å². The molecule has 2 atom stereocenters. The number of amides is 1. The van der Waals surface area contributed by atoms with Gasteiger partial charge < -0.3 is 10.0 Å². The Bertz CT molecular complexity index is 364. The molecular weight excluding hydrogens is 254 g/mol. The van der Waals surface area contributed by atoms with Crippen LogP contribution in [0.5, 0.6) is 0 Å². The first-order valence-corrected chi connectivity index (χ1v) is 7.90. The molecule has 4 heteroatoms. The minimum Gasteiger partial charge on any atom is -0.481 e. The van der Waals surface area contributed by atoms with Crippen molar-refractivity contribution in [3.8, 4) is 0 Å². The molecule has 0 spiro atoms. The molecule has 1 heterocycles. The predicted molar refractivity (Wildman–Crippen MR) is 77.3 cm³/mol. The Morgan fingerprint density at radius 2 is 1.65 bits per heavy atom. The average Bonchev–Trinajstić information content (AvgIpc) is 2.74. The lowest BCUT2D eigenvalue weighted by Crippen LogP contribution is -2.44. The number of carboxylic acid groups (broad SMARTS) is 1. The van der Waals surface area contributed by atoms with E-state index in [2.05, 4.69) is 13.8 Å². The summed E-state index contributed by atoms with van der Waals surface area (Å²) in [6.07, 6.45) is 5.68. The van der Waals surface area contributed by atoms with Crippen LogP contribution < -0.4 is 0 Å². The highest BCUT2D eigenvalue weighted by Crippen LogP contribution is 2.44. The maximum atomic E-state index is 12.6. The normalized spacial score (nSPS) is 29.4. The molecule has 1 N–H and O–H groups in total. The number of aliphatic carboxylic acids is 1. The second-order valence-corrected chi connectivity index (χ2v) is 7.20. The van der Waals surface area contributed by atoms with E-state index < -0.39 is 5.97 Å². The Labute approximate surface area is 121 Å². The summed E-state index contributed by atoms with van der Waals surface area (Å²) in [5.74, 6) is 0.523. The zero-order valence-electron chi connectivity index (χ0n) is 12.7. The number of carboxylic acids is 1. The van der Waals surface area contributed by atoms with Crippen LogP contribution in [0.25, 0.3) is 0 Å². The van der Waals surface area contributed by atoms with E-state index in [1.54, 1.807) is 0 Å². The van der Waals surface area contributed by atoms with Crippen molar-refractivity contribution in [1.29, 1.82) is 0 Å². The first-order valence-electron chi connectivity index (χ1n) is 7.90. The zero-order chi connectivity index (χ0) is 14.8. The van der Waals surface area contributed by atoms with Crippen LogP contribution in [0.3, 0.4) is 0 Å². The number of nitrogens with zero attached hydrogens (tertiary/aromatic N) is 1. The van der Waals surface area contributed by atoms with E-state index in [1.807, 2.05) is 4.90 Å². The topological polar surface area (TPSA) is 57.6 Å². The van der Waals surface area contributed by atoms with Crippen LogP contribution in [0.1, 0.15) is 58.8 Å². The first-order chi connectivity index (χ1) is 9.40. The third kappa shape index (κ3) is 3.74. The molecule has 1 aliphatic carbocycles. The second-order valence-electron chi connectivity index (χ2n) is 7.20. The highest BCUT2D eigenvalue weighted by molar-refractivity contribution is 5.78. The van der Waals surface area contributed by atoms with Crippen LogP contribution in [-0.4, -0.2) is 35.0 Å². The molecule has 0 bridgehead atoms. The third-order valence-corrected chi connectivity index (χ3v) is 4.94. The monoisotopic (exact) mass is 281 g/mol. The van der Waals surface area contributed by atoms with Crippen molar-refractivity contribution in [3.05, 3.63) is 0 Å². The molecular formula is C16H27NO3. The maximum Gasteiger partial charge on any atom is 0.303 e. The van der Waals surface area contributed by atoms with Gasteiger partial charge in [0.2, 0.25) is 5.91 Å². The molecule has 2 aliphatic rings. The minimum atomic E-state index is -0.764. The van der Waals surface area contributed by atoms with Crippen LogP contribution >= 0.6 is 0 Å². The van der Waals surface area contributed by atoms with E-state index in [4.69, 9.17) is 5.11 Å². The summed E-state index contributed by atoms with van der Waals surface area (Å²) in [6, 6.07) is 0. The van der Waals surface area contributed by atoms with Gasteiger partial charge in [-0.1, -0.05) is 26.7 Å². The van der Waals surface area contributed by atoms with E-state index in [-0.39, 0.29) is 17.7 Å². The van der Waals surface area contributed by atoms with Crippen LogP contribution in [0.2, 0.25) is 0 Å². The zero-order valence-corrected chi connectivity index (χ0v) is 12.7. The number of likely N-dealkylation sites (tertiary alicyclic amines) is 1. The molecule has 0 aromatic heterocycles. The molecule has 1 amide bonds. The SMILES string of the molecule is CC1CC(C)CN(C(=O)CC2(CC(=O)O)CCCC2)C1. The fourth-order valence-corrected chi connectivity index (χ4v) is 4.16. The van der Waals surface area contributed by atoms with Crippen LogP contribution in [0.15, 0.2) is 0 Å². The lowest BCUT2D eigenvalue weighted by Gasteiger charge is -2.37. The molecule has 2 rings (SSSR count). The summed E-state index contributed by atoms with van der Waals surface area (Å²) < 4.78 is 0. The van der Waals surface area contributed by atoms with Gasteiger partial charge in [-0.05, 0) is 36.5 Å². The van der Waals surface area contributed by atoms with Crippen molar-refractivity contribution in [2.45, 2.75) is 58.8 Å². The van der Waals surface area contributed by atoms with Crippen molar-refractivity contribution in [2.75, 3.05) is 13.1 Å². The Kier molecular flexibility index (Phi) is 4.71. The van der Waals surface area contributed by atoms with Gasteiger partial charge in [0.15, 0.2) is 0 Å². The van der Waals surface area contributed by atoms with Crippen molar-refractivity contribution in [3.63, 3.8) is 0 Å². The molecule has 114 valence electrons. The lowest BCUT2D eigenvalue weighted by atomic mass is 9.78.